The van der Waals surface area contributed by atoms with Gasteiger partial charge in [0.2, 0.25) is 0 Å². The molecule has 0 fully saturated rings. The van der Waals surface area contributed by atoms with Crippen LogP contribution in [0.25, 0.3) is 44.5 Å². The average Bonchev–Trinajstić information content (AvgIpc) is 0.830. The van der Waals surface area contributed by atoms with Gasteiger partial charge in [-0.2, -0.15) is 0 Å². The highest BCUT2D eigenvalue weighted by Gasteiger charge is 2.24. The van der Waals surface area contributed by atoms with Crippen LogP contribution in [0.15, 0.2) is 297 Å². The maximum absolute atomic E-state index is 14.6. The van der Waals surface area contributed by atoms with Crippen molar-refractivity contribution in [2.75, 3.05) is 72.7 Å². The van der Waals surface area contributed by atoms with Gasteiger partial charge in [0.15, 0.2) is 70.9 Å². The summed E-state index contributed by atoms with van der Waals surface area (Å²) < 4.78 is 138. The summed E-state index contributed by atoms with van der Waals surface area (Å²) in [6.07, 6.45) is 1.16. The highest BCUT2D eigenvalue weighted by molar-refractivity contribution is 5.95. The normalized spacial score (nSPS) is 10.1. The molecule has 774 valence electrons. The van der Waals surface area contributed by atoms with Crippen LogP contribution in [0.3, 0.4) is 0 Å². The lowest BCUT2D eigenvalue weighted by Gasteiger charge is -2.15. The molecule has 0 saturated heterocycles. The van der Waals surface area contributed by atoms with E-state index in [0.717, 1.165) is 0 Å². The van der Waals surface area contributed by atoms with E-state index in [1.165, 1.54) is 134 Å². The molecule has 32 nitrogen and oxygen atoms in total. The molecule has 0 aliphatic carbocycles. The Bertz CT molecular complexity index is 6380. The van der Waals surface area contributed by atoms with Gasteiger partial charge in [0.25, 0.3) is 0 Å². The Balaban J connectivity index is 0.000000345. The first-order valence-electron chi connectivity index (χ1n) is 44.5. The van der Waals surface area contributed by atoms with Crippen molar-refractivity contribution in [3.05, 3.63) is 320 Å². The highest BCUT2D eigenvalue weighted by atomic mass is 19.1. The number of esters is 14. The Morgan fingerprint density at radius 1 is 0.204 bits per heavy atom. The molecule has 0 radical (unpaired) electrons. The highest BCUT2D eigenvalue weighted by Crippen LogP contribution is 2.39. The largest absolute Gasteiger partial charge is 0.490 e. The van der Waals surface area contributed by atoms with Gasteiger partial charge < -0.3 is 85.3 Å². The fourth-order valence-corrected chi connectivity index (χ4v) is 10.8. The Kier molecular flexibility index (Phi) is 48.7. The summed E-state index contributed by atoms with van der Waals surface area (Å²) in [6.45, 7) is 59.5. The maximum Gasteiger partial charge on any atom is 0.349 e. The zero-order chi connectivity index (χ0) is 110. The van der Waals surface area contributed by atoms with Gasteiger partial charge in [-0.05, 0) is 230 Å². The molecule has 0 bridgehead atoms. The molecule has 0 saturated carbocycles. The predicted molar refractivity (Wildman–Crippen MR) is 536 cm³/mol. The van der Waals surface area contributed by atoms with E-state index >= 15 is 0 Å². The second-order valence-electron chi connectivity index (χ2n) is 32.2. The van der Waals surface area contributed by atoms with Gasteiger partial charge in [0.05, 0.1) is 33.0 Å². The third kappa shape index (κ3) is 42.1. The van der Waals surface area contributed by atoms with Gasteiger partial charge in [-0.15, -0.1) is 0 Å². The molecular formula is C112H113F3O32. The molecule has 147 heavy (non-hydrogen) atoms. The standard InChI is InChI=1S/C30H33FO8.C28H29FO7.C28H26O10.C26H25FO7/c1-19(2)28(32)37-15-7-13-35-26-12-10-23(18-27(26)36-14-8-16-38-29(33)20(3)4)22-9-11-25(24(31)17-22)39-30(34)21(5)6;1-17(2)26(30)34-12-11-22-15-20(7-9-24(22)33-13-14-35-27(31)18(3)4)21-8-10-25(23(29)16-21)36-28(32)19(5)6;1-16(2)26(31)34-14-24(29)36-22-11-20(19-7-9-21(10-8-19)38-28(33)18(5)6)12-23(13-22)37-25(30)15-35-27(32)17(3)4;1-15(2)24(28)32-12-11-31-22-10-8-19(14-23(22)34-26(30)17(5)6)18-7-9-21(20(27)13-18)33-25(29)16(3)4/h9-12,17-18H,1,3,5,7-8,13-16H2,2,4,6H3;7-10,15-16H,1,3,5,11-14H2,2,4,6H3;7-13H,1,3,5,14-15H2,2,4,6H3;7-10,13-14H,1,3,5,11-12H2,2,4,6H3. The number of hydrogen-bond acceptors (Lipinski definition) is 32. The number of rotatable bonds is 48. The molecule has 0 unspecified atom stereocenters. The Hall–Kier alpha value is -17.8. The molecule has 8 aromatic carbocycles. The smallest absolute Gasteiger partial charge is 0.349 e. The van der Waals surface area contributed by atoms with Crippen molar-refractivity contribution in [1.82, 2.24) is 0 Å². The Morgan fingerprint density at radius 2 is 0.463 bits per heavy atom. The molecule has 35 heteroatoms. The first-order chi connectivity index (χ1) is 69.3. The van der Waals surface area contributed by atoms with Crippen LogP contribution in [-0.4, -0.2) is 156 Å². The summed E-state index contributed by atoms with van der Waals surface area (Å²) in [6, 6.07) is 37.9. The number of hydrogen-bond donors (Lipinski definition) is 0. The van der Waals surface area contributed by atoms with Crippen molar-refractivity contribution in [3.63, 3.8) is 0 Å². The van der Waals surface area contributed by atoms with Crippen LogP contribution in [0.2, 0.25) is 0 Å². The van der Waals surface area contributed by atoms with Gasteiger partial charge >= 0.3 is 83.6 Å². The lowest BCUT2D eigenvalue weighted by Crippen LogP contribution is -2.20. The van der Waals surface area contributed by atoms with Crippen LogP contribution in [0.4, 0.5) is 13.2 Å². The van der Waals surface area contributed by atoms with E-state index in [4.69, 9.17) is 85.3 Å². The van der Waals surface area contributed by atoms with E-state index in [9.17, 15) is 80.3 Å². The summed E-state index contributed by atoms with van der Waals surface area (Å²) in [5.41, 5.74) is 7.49. The molecule has 8 rings (SSSR count). The second kappa shape index (κ2) is 59.8. The average molecular weight is 2030 g/mol. The van der Waals surface area contributed by atoms with Gasteiger partial charge in [-0.3, -0.25) is 0 Å². The summed E-state index contributed by atoms with van der Waals surface area (Å²) >= 11 is 0. The van der Waals surface area contributed by atoms with Crippen molar-refractivity contribution in [3.8, 4) is 108 Å². The van der Waals surface area contributed by atoms with Crippen molar-refractivity contribution >= 4 is 83.6 Å². The SMILES string of the molecule is C=C(C)C(=O)OCC(=O)Oc1cc(OC(=O)COC(=O)C(=C)C)cc(-c2ccc(OC(=O)C(=C)C)cc2)c1.C=C(C)C(=O)OCCCOc1ccc(-c2ccc(OC(=O)C(=C)C)c(F)c2)cc1OCCCOC(=O)C(=C)C.C=C(C)C(=O)OCCOc1ccc(-c2ccc(OC(=O)C(=C)C)c(F)c2)cc1CCOC(=O)C(=C)C.C=C(C)C(=O)OCCOc1ccc(-c2ccc(OC(=O)C(=C)C)c(F)c2)cc1OC(=O)C(=C)C. The lowest BCUT2D eigenvalue weighted by atomic mass is 10.0. The van der Waals surface area contributed by atoms with Crippen LogP contribution in [-0.2, 0) is 107 Å². The molecule has 0 atom stereocenters. The number of carbonyl (C=O) groups is 14. The summed E-state index contributed by atoms with van der Waals surface area (Å²) in [5.74, 6) is -10.3. The Labute approximate surface area is 848 Å². The van der Waals surface area contributed by atoms with E-state index in [1.807, 2.05) is 0 Å². The molecule has 0 N–H and O–H groups in total. The van der Waals surface area contributed by atoms with Crippen LogP contribution in [0.1, 0.15) is 101 Å². The number of ether oxygens (including phenoxy) is 18. The van der Waals surface area contributed by atoms with Crippen molar-refractivity contribution in [1.29, 1.82) is 0 Å². The van der Waals surface area contributed by atoms with E-state index in [-0.39, 0.29) is 161 Å². The quantitative estimate of drug-likeness (QED) is 0.0112. The fourth-order valence-electron chi connectivity index (χ4n) is 10.8. The third-order valence-corrected chi connectivity index (χ3v) is 18.4. The second-order valence-corrected chi connectivity index (χ2v) is 32.2. The first kappa shape index (κ1) is 120. The van der Waals surface area contributed by atoms with Crippen LogP contribution in [0.5, 0.6) is 63.2 Å². The summed E-state index contributed by atoms with van der Waals surface area (Å²) in [7, 11) is 0. The third-order valence-electron chi connectivity index (χ3n) is 18.4. The molecule has 0 aliphatic rings. The number of carbonyl (C=O) groups excluding carboxylic acids is 14. The number of benzene rings is 8. The number of halogens is 3. The minimum absolute atomic E-state index is 0.00655. The zero-order valence-electron chi connectivity index (χ0n) is 83.5. The Morgan fingerprint density at radius 3 is 0.810 bits per heavy atom. The lowest BCUT2D eigenvalue weighted by molar-refractivity contribution is -0.151. The molecular weight excluding hydrogens is 1910 g/mol. The fraction of sp³-hybridized carbons (Fsp3) is 0.232. The molecule has 0 aliphatic heterocycles. The molecule has 0 spiro atoms. The molecule has 0 aromatic heterocycles. The van der Waals surface area contributed by atoms with Crippen molar-refractivity contribution in [2.45, 2.75) is 102 Å². The first-order valence-corrected chi connectivity index (χ1v) is 44.5. The van der Waals surface area contributed by atoms with E-state index in [1.54, 1.807) is 100 Å². The summed E-state index contributed by atoms with van der Waals surface area (Å²) in [4.78, 5) is 164. The summed E-state index contributed by atoms with van der Waals surface area (Å²) in [5, 5.41) is 0. The maximum atomic E-state index is 14.6. The molecule has 0 heterocycles. The van der Waals surface area contributed by atoms with E-state index in [2.05, 4.69) is 78.9 Å². The zero-order valence-corrected chi connectivity index (χ0v) is 83.5. The van der Waals surface area contributed by atoms with E-state index in [0.29, 0.717) is 97.7 Å². The monoisotopic (exact) mass is 2030 g/mol. The van der Waals surface area contributed by atoms with Gasteiger partial charge in [0, 0.05) is 92.2 Å². The molecule has 8 aromatic rings. The van der Waals surface area contributed by atoms with Crippen LogP contribution < -0.4 is 52.1 Å². The minimum Gasteiger partial charge on any atom is -0.490 e. The van der Waals surface area contributed by atoms with Crippen molar-refractivity contribution < 1.29 is 166 Å². The van der Waals surface area contributed by atoms with Gasteiger partial charge in [-0.1, -0.05) is 127 Å². The van der Waals surface area contributed by atoms with Gasteiger partial charge in [-0.25, -0.2) is 80.3 Å². The molecule has 0 amide bonds. The van der Waals surface area contributed by atoms with Crippen molar-refractivity contribution in [2.24, 2.45) is 0 Å². The topological polar surface area (TPSA) is 405 Å². The van der Waals surface area contributed by atoms with E-state index < -0.39 is 114 Å². The van der Waals surface area contributed by atoms with Gasteiger partial charge in [0.1, 0.15) is 49.4 Å². The predicted octanol–water partition coefficient (Wildman–Crippen LogP) is 19.7. The van der Waals surface area contributed by atoms with Crippen LogP contribution >= 0.6 is 0 Å². The minimum atomic E-state index is -0.897. The van der Waals surface area contributed by atoms with Crippen LogP contribution in [0, 0.1) is 17.5 Å².